The molecule has 5 heteroatoms. The van der Waals surface area contributed by atoms with Gasteiger partial charge in [-0.3, -0.25) is 0 Å². The van der Waals surface area contributed by atoms with Gasteiger partial charge in [0.25, 0.3) is 0 Å². The minimum absolute atomic E-state index is 0.247. The molecule has 1 aromatic heterocycles. The van der Waals surface area contributed by atoms with Crippen LogP contribution in [0.5, 0.6) is 11.5 Å². The van der Waals surface area contributed by atoms with Gasteiger partial charge in [0.1, 0.15) is 11.6 Å². The molecule has 1 N–H and O–H groups in total. The Bertz CT molecular complexity index is 770. The van der Waals surface area contributed by atoms with Crippen molar-refractivity contribution in [3.05, 3.63) is 41.7 Å². The number of benzene rings is 2. The van der Waals surface area contributed by atoms with Gasteiger partial charge in [0.15, 0.2) is 11.5 Å². The van der Waals surface area contributed by atoms with Gasteiger partial charge in [-0.2, -0.15) is 0 Å². The SMILES string of the molecule is COc1cc2nc(-c3ccc(C)c(F)c3)[nH]c2cc1OC. The van der Waals surface area contributed by atoms with Crippen LogP contribution in [-0.4, -0.2) is 24.2 Å². The number of halogens is 1. The zero-order valence-corrected chi connectivity index (χ0v) is 12.0. The summed E-state index contributed by atoms with van der Waals surface area (Å²) in [4.78, 5) is 7.65. The monoisotopic (exact) mass is 286 g/mol. The van der Waals surface area contributed by atoms with Crippen molar-refractivity contribution in [2.75, 3.05) is 14.2 Å². The van der Waals surface area contributed by atoms with Gasteiger partial charge in [-0.1, -0.05) is 12.1 Å². The minimum Gasteiger partial charge on any atom is -0.493 e. The molecule has 0 unspecified atom stereocenters. The number of nitrogens with zero attached hydrogens (tertiary/aromatic N) is 1. The topological polar surface area (TPSA) is 47.1 Å². The van der Waals surface area contributed by atoms with E-state index in [1.165, 1.54) is 6.07 Å². The zero-order valence-electron chi connectivity index (χ0n) is 12.0. The molecule has 0 spiro atoms. The van der Waals surface area contributed by atoms with Crippen LogP contribution in [0.25, 0.3) is 22.4 Å². The molecule has 0 saturated carbocycles. The summed E-state index contributed by atoms with van der Waals surface area (Å²) in [6.45, 7) is 1.73. The van der Waals surface area contributed by atoms with Gasteiger partial charge in [0.05, 0.1) is 25.3 Å². The number of imidazole rings is 1. The minimum atomic E-state index is -0.247. The number of ether oxygens (including phenoxy) is 2. The van der Waals surface area contributed by atoms with Crippen LogP contribution in [0, 0.1) is 12.7 Å². The van der Waals surface area contributed by atoms with Crippen molar-refractivity contribution in [2.24, 2.45) is 0 Å². The Morgan fingerprint density at radius 2 is 1.76 bits per heavy atom. The largest absolute Gasteiger partial charge is 0.493 e. The molecular weight excluding hydrogens is 271 g/mol. The van der Waals surface area contributed by atoms with E-state index in [1.807, 2.05) is 12.1 Å². The first-order chi connectivity index (χ1) is 10.1. The molecular formula is C16H15FN2O2. The van der Waals surface area contributed by atoms with Crippen molar-refractivity contribution >= 4 is 11.0 Å². The summed E-state index contributed by atoms with van der Waals surface area (Å²) >= 11 is 0. The number of aryl methyl sites for hydroxylation is 1. The first-order valence-corrected chi connectivity index (χ1v) is 6.50. The van der Waals surface area contributed by atoms with E-state index in [9.17, 15) is 4.39 Å². The van der Waals surface area contributed by atoms with Crippen molar-refractivity contribution in [1.82, 2.24) is 9.97 Å². The zero-order chi connectivity index (χ0) is 15.0. The Morgan fingerprint density at radius 1 is 1.05 bits per heavy atom. The first-order valence-electron chi connectivity index (χ1n) is 6.50. The number of hydrogen-bond donors (Lipinski definition) is 1. The van der Waals surface area contributed by atoms with E-state index in [-0.39, 0.29) is 5.82 Å². The van der Waals surface area contributed by atoms with E-state index in [2.05, 4.69) is 9.97 Å². The Morgan fingerprint density at radius 3 is 2.43 bits per heavy atom. The molecule has 0 fully saturated rings. The van der Waals surface area contributed by atoms with Gasteiger partial charge < -0.3 is 14.5 Å². The molecule has 0 aliphatic carbocycles. The van der Waals surface area contributed by atoms with Crippen LogP contribution in [0.3, 0.4) is 0 Å². The fourth-order valence-electron chi connectivity index (χ4n) is 2.21. The molecule has 2 aromatic carbocycles. The third-order valence-corrected chi connectivity index (χ3v) is 3.43. The number of aromatic nitrogens is 2. The lowest BCUT2D eigenvalue weighted by Gasteiger charge is -2.06. The molecule has 0 atom stereocenters. The molecule has 0 radical (unpaired) electrons. The summed E-state index contributed by atoms with van der Waals surface area (Å²) in [6, 6.07) is 8.65. The molecule has 3 aromatic rings. The van der Waals surface area contributed by atoms with Crippen molar-refractivity contribution in [3.63, 3.8) is 0 Å². The Labute approximate surface area is 121 Å². The molecule has 0 saturated heterocycles. The number of rotatable bonds is 3. The van der Waals surface area contributed by atoms with Crippen LogP contribution in [0.15, 0.2) is 30.3 Å². The van der Waals surface area contributed by atoms with E-state index >= 15 is 0 Å². The fourth-order valence-corrected chi connectivity index (χ4v) is 2.21. The average molecular weight is 286 g/mol. The maximum absolute atomic E-state index is 13.7. The van der Waals surface area contributed by atoms with Gasteiger partial charge in [0, 0.05) is 17.7 Å². The van der Waals surface area contributed by atoms with E-state index in [0.29, 0.717) is 28.5 Å². The van der Waals surface area contributed by atoms with E-state index in [0.717, 1.165) is 11.0 Å². The highest BCUT2D eigenvalue weighted by Crippen LogP contribution is 2.32. The first kappa shape index (κ1) is 13.4. The predicted octanol–water partition coefficient (Wildman–Crippen LogP) is 3.69. The normalized spacial score (nSPS) is 10.9. The van der Waals surface area contributed by atoms with Crippen LogP contribution in [0.1, 0.15) is 5.56 Å². The number of fused-ring (bicyclic) bond motifs is 1. The molecule has 21 heavy (non-hydrogen) atoms. The number of H-pyrrole nitrogens is 1. The molecule has 4 nitrogen and oxygen atoms in total. The lowest BCUT2D eigenvalue weighted by molar-refractivity contribution is 0.356. The highest BCUT2D eigenvalue weighted by molar-refractivity contribution is 5.83. The second-order valence-corrected chi connectivity index (χ2v) is 4.77. The van der Waals surface area contributed by atoms with Crippen LogP contribution >= 0.6 is 0 Å². The molecule has 1 heterocycles. The number of methoxy groups -OCH3 is 2. The summed E-state index contributed by atoms with van der Waals surface area (Å²) in [5.41, 5.74) is 2.86. The van der Waals surface area contributed by atoms with E-state index in [1.54, 1.807) is 33.3 Å². The van der Waals surface area contributed by atoms with Crippen LogP contribution in [0.2, 0.25) is 0 Å². The highest BCUT2D eigenvalue weighted by Gasteiger charge is 2.11. The molecule has 0 bridgehead atoms. The van der Waals surface area contributed by atoms with Crippen molar-refractivity contribution in [1.29, 1.82) is 0 Å². The number of nitrogens with one attached hydrogen (secondary N) is 1. The summed E-state index contributed by atoms with van der Waals surface area (Å²) in [7, 11) is 3.16. The van der Waals surface area contributed by atoms with Crippen molar-refractivity contribution in [2.45, 2.75) is 6.92 Å². The van der Waals surface area contributed by atoms with Crippen LogP contribution in [-0.2, 0) is 0 Å². The smallest absolute Gasteiger partial charge is 0.163 e. The van der Waals surface area contributed by atoms with Crippen LogP contribution in [0.4, 0.5) is 4.39 Å². The van der Waals surface area contributed by atoms with Gasteiger partial charge in [-0.15, -0.1) is 0 Å². The Balaban J connectivity index is 2.14. The van der Waals surface area contributed by atoms with Crippen molar-refractivity contribution in [3.8, 4) is 22.9 Å². The quantitative estimate of drug-likeness (QED) is 0.798. The highest BCUT2D eigenvalue weighted by atomic mass is 19.1. The fraction of sp³-hybridized carbons (Fsp3) is 0.188. The van der Waals surface area contributed by atoms with Gasteiger partial charge in [-0.25, -0.2) is 9.37 Å². The lowest BCUT2D eigenvalue weighted by Crippen LogP contribution is -1.89. The molecule has 0 aliphatic rings. The number of aromatic amines is 1. The predicted molar refractivity (Wildman–Crippen MR) is 79.3 cm³/mol. The maximum atomic E-state index is 13.7. The van der Waals surface area contributed by atoms with Crippen LogP contribution < -0.4 is 9.47 Å². The standard InChI is InChI=1S/C16H15FN2O2/c1-9-4-5-10(6-11(9)17)16-18-12-7-14(20-2)15(21-3)8-13(12)19-16/h4-8H,1-3H3,(H,18,19). The molecule has 3 rings (SSSR count). The summed E-state index contributed by atoms with van der Waals surface area (Å²) in [5, 5.41) is 0. The second kappa shape index (κ2) is 5.09. The molecule has 108 valence electrons. The summed E-state index contributed by atoms with van der Waals surface area (Å²) in [5.74, 6) is 1.59. The summed E-state index contributed by atoms with van der Waals surface area (Å²) < 4.78 is 24.2. The van der Waals surface area contributed by atoms with Crippen molar-refractivity contribution < 1.29 is 13.9 Å². The maximum Gasteiger partial charge on any atom is 0.163 e. The van der Waals surface area contributed by atoms with Gasteiger partial charge in [0.2, 0.25) is 0 Å². The van der Waals surface area contributed by atoms with E-state index in [4.69, 9.17) is 9.47 Å². The molecule has 0 amide bonds. The van der Waals surface area contributed by atoms with Gasteiger partial charge in [-0.05, 0) is 18.6 Å². The third-order valence-electron chi connectivity index (χ3n) is 3.43. The van der Waals surface area contributed by atoms with E-state index < -0.39 is 0 Å². The third kappa shape index (κ3) is 2.31. The summed E-state index contributed by atoms with van der Waals surface area (Å²) in [6.07, 6.45) is 0. The lowest BCUT2D eigenvalue weighted by atomic mass is 10.1. The number of hydrogen-bond acceptors (Lipinski definition) is 3. The van der Waals surface area contributed by atoms with Gasteiger partial charge >= 0.3 is 0 Å². The Kier molecular flexibility index (Phi) is 3.25. The molecule has 0 aliphatic heterocycles. The average Bonchev–Trinajstić information content (AvgIpc) is 2.91. The Hall–Kier alpha value is -2.56. The second-order valence-electron chi connectivity index (χ2n) is 4.77.